The second-order valence-electron chi connectivity index (χ2n) is 7.41. The van der Waals surface area contributed by atoms with Crippen LogP contribution in [0.25, 0.3) is 0 Å². The zero-order chi connectivity index (χ0) is 19.9. The van der Waals surface area contributed by atoms with E-state index in [-0.39, 0.29) is 18.3 Å². The van der Waals surface area contributed by atoms with Crippen LogP contribution in [0.15, 0.2) is 12.2 Å². The van der Waals surface area contributed by atoms with Gasteiger partial charge in [-0.25, -0.2) is 0 Å². The van der Waals surface area contributed by atoms with Crippen LogP contribution in [-0.2, 0) is 4.79 Å². The molecule has 27 heavy (non-hydrogen) atoms. The molecule has 3 nitrogen and oxygen atoms in total. The first-order chi connectivity index (χ1) is 12.6. The minimum absolute atomic E-state index is 0. The van der Waals surface area contributed by atoms with Crippen LogP contribution in [0, 0.1) is 0 Å². The van der Waals surface area contributed by atoms with Gasteiger partial charge in [-0.2, -0.15) is 0 Å². The van der Waals surface area contributed by atoms with E-state index in [1.54, 1.807) is 4.90 Å². The molecule has 0 aromatic rings. The largest absolute Gasteiger partial charge is 0.349 e. The Kier molecular flexibility index (Phi) is 31.9. The number of hydrogen-bond acceptors (Lipinski definition) is 2. The van der Waals surface area contributed by atoms with Gasteiger partial charge in [-0.3, -0.25) is 4.79 Å². The normalized spacial score (nSPS) is 10.3. The van der Waals surface area contributed by atoms with Crippen LogP contribution in [0.2, 0.25) is 0 Å². The number of hydrogen-bond donors (Lipinski definition) is 1. The average Bonchev–Trinajstić information content (AvgIpc) is 2.64. The summed E-state index contributed by atoms with van der Waals surface area (Å²) in [6, 6.07) is 0. The van der Waals surface area contributed by atoms with Gasteiger partial charge in [0.25, 0.3) is 0 Å². The van der Waals surface area contributed by atoms with E-state index in [1.165, 1.54) is 77.0 Å². The highest BCUT2D eigenvalue weighted by atomic mass is 35.5. The van der Waals surface area contributed by atoms with Gasteiger partial charge in [0.1, 0.15) is 0 Å². The standard InChI is InChI=1S/C20H39NO.C3H9N.ClH/c1-4-5-6-7-8-9-10-11-12-13-14-15-16-17-18-19-20(22)21(2)3;1-2-3-4;/h11-12H,4-10,13-19H2,1-3H3;2-4H2,1H3;1H/b12-11-;;. The maximum Gasteiger partial charge on any atom is 0.222 e. The number of carbonyl (C=O) groups excluding carboxylic acids is 1. The monoisotopic (exact) mass is 404 g/mol. The van der Waals surface area contributed by atoms with Crippen molar-refractivity contribution in [2.75, 3.05) is 20.6 Å². The van der Waals surface area contributed by atoms with Crippen molar-refractivity contribution in [1.29, 1.82) is 0 Å². The highest BCUT2D eigenvalue weighted by Gasteiger charge is 2.02. The van der Waals surface area contributed by atoms with E-state index >= 15 is 0 Å². The van der Waals surface area contributed by atoms with Crippen LogP contribution in [0.3, 0.4) is 0 Å². The minimum Gasteiger partial charge on any atom is -0.349 e. The summed E-state index contributed by atoms with van der Waals surface area (Å²) in [6.45, 7) is 5.14. The van der Waals surface area contributed by atoms with Crippen LogP contribution in [-0.4, -0.2) is 31.4 Å². The first-order valence-electron chi connectivity index (χ1n) is 11.1. The number of amides is 1. The number of halogens is 1. The zero-order valence-corrected chi connectivity index (χ0v) is 19.6. The minimum atomic E-state index is 0. The van der Waals surface area contributed by atoms with Crippen LogP contribution >= 0.6 is 12.4 Å². The van der Waals surface area contributed by atoms with Crippen molar-refractivity contribution < 1.29 is 4.79 Å². The molecular formula is C23H49ClN2O. The quantitative estimate of drug-likeness (QED) is 0.225. The maximum atomic E-state index is 11.4. The van der Waals surface area contributed by atoms with Crippen molar-refractivity contribution in [2.45, 2.75) is 110 Å². The fraction of sp³-hybridized carbons (Fsp3) is 0.870. The van der Waals surface area contributed by atoms with Gasteiger partial charge in [-0.1, -0.05) is 77.4 Å². The third kappa shape index (κ3) is 30.4. The molecule has 0 spiro atoms. The Labute approximate surface area is 176 Å². The molecule has 0 saturated heterocycles. The Hall–Kier alpha value is -0.540. The molecule has 0 heterocycles. The summed E-state index contributed by atoms with van der Waals surface area (Å²) < 4.78 is 0. The first kappa shape index (κ1) is 31.2. The highest BCUT2D eigenvalue weighted by Crippen LogP contribution is 2.10. The van der Waals surface area contributed by atoms with Gasteiger partial charge in [0.05, 0.1) is 0 Å². The van der Waals surface area contributed by atoms with Gasteiger partial charge < -0.3 is 10.6 Å². The maximum absolute atomic E-state index is 11.4. The van der Waals surface area contributed by atoms with Gasteiger partial charge in [0.15, 0.2) is 0 Å². The molecule has 2 N–H and O–H groups in total. The molecule has 0 unspecified atom stereocenters. The lowest BCUT2D eigenvalue weighted by Crippen LogP contribution is -2.20. The third-order valence-electron chi connectivity index (χ3n) is 4.44. The van der Waals surface area contributed by atoms with Crippen LogP contribution in [0.4, 0.5) is 0 Å². The molecule has 0 aromatic heterocycles. The molecule has 164 valence electrons. The summed E-state index contributed by atoms with van der Waals surface area (Å²) in [5, 5.41) is 0. The molecule has 0 aliphatic carbocycles. The van der Waals surface area contributed by atoms with E-state index in [0.29, 0.717) is 6.42 Å². The number of allylic oxidation sites excluding steroid dienone is 2. The predicted molar refractivity (Wildman–Crippen MR) is 125 cm³/mol. The van der Waals surface area contributed by atoms with Gasteiger partial charge in [-0.05, 0) is 45.1 Å². The summed E-state index contributed by atoms with van der Waals surface area (Å²) in [5.74, 6) is 0.262. The lowest BCUT2D eigenvalue weighted by atomic mass is 10.1. The molecule has 0 aliphatic heterocycles. The Bertz CT molecular complexity index is 305. The molecule has 0 fully saturated rings. The van der Waals surface area contributed by atoms with Crippen molar-refractivity contribution >= 4 is 18.3 Å². The molecule has 0 bridgehead atoms. The Morgan fingerprint density at radius 3 is 1.56 bits per heavy atom. The van der Waals surface area contributed by atoms with Crippen LogP contribution < -0.4 is 5.73 Å². The van der Waals surface area contributed by atoms with Crippen molar-refractivity contribution in [2.24, 2.45) is 5.73 Å². The Morgan fingerprint density at radius 1 is 0.741 bits per heavy atom. The second-order valence-corrected chi connectivity index (χ2v) is 7.41. The lowest BCUT2D eigenvalue weighted by molar-refractivity contribution is -0.128. The third-order valence-corrected chi connectivity index (χ3v) is 4.44. The fourth-order valence-electron chi connectivity index (χ4n) is 2.57. The van der Waals surface area contributed by atoms with Crippen molar-refractivity contribution in [3.63, 3.8) is 0 Å². The molecule has 0 rings (SSSR count). The number of nitrogens with two attached hydrogens (primary N) is 1. The fourth-order valence-corrected chi connectivity index (χ4v) is 2.57. The summed E-state index contributed by atoms with van der Waals surface area (Å²) in [4.78, 5) is 13.1. The molecule has 1 amide bonds. The van der Waals surface area contributed by atoms with E-state index in [0.717, 1.165) is 19.4 Å². The topological polar surface area (TPSA) is 46.3 Å². The highest BCUT2D eigenvalue weighted by molar-refractivity contribution is 5.85. The van der Waals surface area contributed by atoms with E-state index in [2.05, 4.69) is 26.0 Å². The van der Waals surface area contributed by atoms with Crippen LogP contribution in [0.1, 0.15) is 110 Å². The average molecular weight is 405 g/mol. The smallest absolute Gasteiger partial charge is 0.222 e. The molecule has 0 aliphatic rings. The van der Waals surface area contributed by atoms with Gasteiger partial charge in [0.2, 0.25) is 5.91 Å². The molecule has 0 atom stereocenters. The first-order valence-corrected chi connectivity index (χ1v) is 11.1. The molecular weight excluding hydrogens is 356 g/mol. The number of carbonyl (C=O) groups is 1. The number of rotatable bonds is 16. The van der Waals surface area contributed by atoms with E-state index in [1.807, 2.05) is 14.1 Å². The summed E-state index contributed by atoms with van der Waals surface area (Å²) in [7, 11) is 3.67. The lowest BCUT2D eigenvalue weighted by Gasteiger charge is -2.09. The number of unbranched alkanes of at least 4 members (excludes halogenated alkanes) is 11. The summed E-state index contributed by atoms with van der Waals surface area (Å²) >= 11 is 0. The van der Waals surface area contributed by atoms with Gasteiger partial charge in [-0.15, -0.1) is 12.4 Å². The van der Waals surface area contributed by atoms with Crippen molar-refractivity contribution in [3.05, 3.63) is 12.2 Å². The molecule has 0 saturated carbocycles. The van der Waals surface area contributed by atoms with Crippen molar-refractivity contribution in [1.82, 2.24) is 4.90 Å². The van der Waals surface area contributed by atoms with E-state index in [4.69, 9.17) is 5.73 Å². The molecule has 4 heteroatoms. The molecule has 0 aromatic carbocycles. The van der Waals surface area contributed by atoms with Gasteiger partial charge in [0, 0.05) is 20.5 Å². The van der Waals surface area contributed by atoms with E-state index in [9.17, 15) is 4.79 Å². The predicted octanol–water partition coefficient (Wildman–Crippen LogP) is 6.89. The van der Waals surface area contributed by atoms with Crippen LogP contribution in [0.5, 0.6) is 0 Å². The number of nitrogens with zero attached hydrogens (tertiary/aromatic N) is 1. The second kappa shape index (κ2) is 27.7. The molecule has 0 radical (unpaired) electrons. The summed E-state index contributed by atoms with van der Waals surface area (Å²) in [5.41, 5.74) is 5.03. The van der Waals surface area contributed by atoms with E-state index < -0.39 is 0 Å². The Balaban J connectivity index is -0.00000104. The Morgan fingerprint density at radius 2 is 1.15 bits per heavy atom. The summed E-state index contributed by atoms with van der Waals surface area (Å²) in [6.07, 6.45) is 23.5. The zero-order valence-electron chi connectivity index (χ0n) is 18.8. The SMILES string of the molecule is CCCCCCCC/C=C\CCCCCCCC(=O)N(C)C.CCCN.Cl. The van der Waals surface area contributed by atoms with Gasteiger partial charge >= 0.3 is 0 Å². The van der Waals surface area contributed by atoms with Crippen molar-refractivity contribution in [3.8, 4) is 0 Å².